The van der Waals surface area contributed by atoms with Crippen molar-refractivity contribution in [3.8, 4) is 6.07 Å². The summed E-state index contributed by atoms with van der Waals surface area (Å²) in [5.41, 5.74) is 0.359. The molecule has 0 amide bonds. The van der Waals surface area contributed by atoms with Crippen LogP contribution < -0.4 is 0 Å². The molecular weight excluding hydrogens is 298 g/mol. The van der Waals surface area contributed by atoms with Gasteiger partial charge in [0, 0.05) is 6.20 Å². The van der Waals surface area contributed by atoms with E-state index in [4.69, 9.17) is 28.5 Å². The van der Waals surface area contributed by atoms with E-state index in [1.807, 2.05) is 28.7 Å². The van der Waals surface area contributed by atoms with Crippen LogP contribution in [0.4, 0.5) is 0 Å². The molecule has 1 atom stereocenters. The Morgan fingerprint density at radius 2 is 2.36 bits per heavy atom. The Hall–Kier alpha value is 0.210. The van der Waals surface area contributed by atoms with Crippen LogP contribution in [0.5, 0.6) is 0 Å². The van der Waals surface area contributed by atoms with Crippen LogP contribution in [0.2, 0.25) is 0 Å². The second-order valence-corrected chi connectivity index (χ2v) is 4.67. The summed E-state index contributed by atoms with van der Waals surface area (Å²) in [5, 5.41) is 8.56. The average Bonchev–Trinajstić information content (AvgIpc) is 1.95. The van der Waals surface area contributed by atoms with Crippen molar-refractivity contribution in [1.82, 2.24) is 0 Å². The molecule has 58 valence electrons. The zero-order valence-corrected chi connectivity index (χ0v) is 8.93. The molecule has 1 rings (SSSR count). The molecule has 0 saturated carbocycles. The predicted molar refractivity (Wildman–Crippen MR) is 54.4 cm³/mol. The summed E-state index contributed by atoms with van der Waals surface area (Å²) in [6.07, 6.45) is 3.02. The molecule has 0 aromatic rings. The third-order valence-electron chi connectivity index (χ3n) is 1.20. The van der Waals surface area contributed by atoms with Crippen molar-refractivity contribution < 1.29 is 0 Å². The first-order valence-corrected chi connectivity index (χ1v) is 4.75. The lowest BCUT2D eigenvalue weighted by molar-refractivity contribution is 1.04. The van der Waals surface area contributed by atoms with E-state index >= 15 is 0 Å². The summed E-state index contributed by atoms with van der Waals surface area (Å²) in [6.45, 7) is 0. The molecule has 1 heterocycles. The van der Waals surface area contributed by atoms with E-state index < -0.39 is 4.33 Å². The maximum absolute atomic E-state index is 8.56. The van der Waals surface area contributed by atoms with Crippen LogP contribution in [-0.4, -0.2) is 14.0 Å². The summed E-state index contributed by atoms with van der Waals surface area (Å²) >= 11 is 13.7. The first-order chi connectivity index (χ1) is 5.08. The van der Waals surface area contributed by atoms with E-state index in [1.165, 1.54) is 6.20 Å². The molecule has 0 bridgehead atoms. The van der Waals surface area contributed by atoms with Gasteiger partial charge in [0.2, 0.25) is 0 Å². The molecule has 0 spiro atoms. The lowest BCUT2D eigenvalue weighted by Gasteiger charge is -2.22. The fraction of sp³-hybridized carbons (Fsp3) is 0.333. The highest BCUT2D eigenvalue weighted by Gasteiger charge is 2.36. The van der Waals surface area contributed by atoms with Crippen LogP contribution in [0.25, 0.3) is 0 Å². The van der Waals surface area contributed by atoms with Crippen LogP contribution in [0, 0.1) is 11.3 Å². The normalized spacial score (nSPS) is 27.5. The molecule has 2 nitrogen and oxygen atoms in total. The summed E-state index contributed by atoms with van der Waals surface area (Å²) in [5.74, 6) is 0. The highest BCUT2D eigenvalue weighted by atomic mass is 127. The number of nitriles is 1. The number of alkyl halides is 3. The van der Waals surface area contributed by atoms with E-state index in [1.54, 1.807) is 6.08 Å². The number of allylic oxidation sites excluding steroid dienone is 1. The van der Waals surface area contributed by atoms with E-state index in [0.29, 0.717) is 5.71 Å². The smallest absolute Gasteiger partial charge is 0.156 e. The van der Waals surface area contributed by atoms with Gasteiger partial charge < -0.3 is 0 Å². The van der Waals surface area contributed by atoms with Gasteiger partial charge in [0.15, 0.2) is 4.33 Å². The minimum absolute atomic E-state index is 0.265. The van der Waals surface area contributed by atoms with Gasteiger partial charge in [0.05, 0.1) is 0 Å². The van der Waals surface area contributed by atoms with E-state index in [-0.39, 0.29) is 3.92 Å². The highest BCUT2D eigenvalue weighted by Crippen LogP contribution is 2.35. The van der Waals surface area contributed by atoms with Crippen LogP contribution in [-0.2, 0) is 0 Å². The molecule has 0 radical (unpaired) electrons. The minimum Gasteiger partial charge on any atom is -0.249 e. The average molecular weight is 301 g/mol. The molecule has 0 aliphatic carbocycles. The maximum Gasteiger partial charge on any atom is 0.156 e. The fourth-order valence-electron chi connectivity index (χ4n) is 0.635. The summed E-state index contributed by atoms with van der Waals surface area (Å²) in [6, 6.07) is 1.93. The first-order valence-electron chi connectivity index (χ1n) is 2.75. The van der Waals surface area contributed by atoms with E-state index in [2.05, 4.69) is 4.99 Å². The maximum atomic E-state index is 8.56. The van der Waals surface area contributed by atoms with Crippen LogP contribution in [0.1, 0.15) is 0 Å². The Kier molecular flexibility index (Phi) is 2.79. The number of nitrogens with zero attached hydrogens (tertiary/aromatic N) is 2. The van der Waals surface area contributed by atoms with E-state index in [9.17, 15) is 0 Å². The van der Waals surface area contributed by atoms with Gasteiger partial charge in [-0.25, -0.2) is 4.99 Å². The van der Waals surface area contributed by atoms with Gasteiger partial charge in [0.1, 0.15) is 15.7 Å². The Bertz CT molecular complexity index is 264. The molecule has 11 heavy (non-hydrogen) atoms. The second kappa shape index (κ2) is 3.30. The first kappa shape index (κ1) is 9.30. The predicted octanol–water partition coefficient (Wildman–Crippen LogP) is 2.46. The third kappa shape index (κ3) is 1.86. The number of rotatable bonds is 0. The standard InChI is InChI=1S/C6H3Cl2IN2/c7-6(8)1-2-11-4(3-10)5(6)9/h1-2,5H. The Morgan fingerprint density at radius 3 is 2.82 bits per heavy atom. The van der Waals surface area contributed by atoms with Crippen molar-refractivity contribution in [3.63, 3.8) is 0 Å². The summed E-state index contributed by atoms with van der Waals surface area (Å²) in [7, 11) is 0. The molecule has 1 aliphatic rings. The molecule has 0 aromatic carbocycles. The number of aliphatic imine (C=N–C) groups is 1. The van der Waals surface area contributed by atoms with Crippen LogP contribution in [0.15, 0.2) is 17.3 Å². The zero-order chi connectivity index (χ0) is 8.48. The molecule has 0 saturated heterocycles. The lowest BCUT2D eigenvalue weighted by Crippen LogP contribution is -2.32. The largest absolute Gasteiger partial charge is 0.249 e. The van der Waals surface area contributed by atoms with Gasteiger partial charge in [-0.05, 0) is 6.08 Å². The topological polar surface area (TPSA) is 36.1 Å². The van der Waals surface area contributed by atoms with Gasteiger partial charge in [-0.1, -0.05) is 45.8 Å². The van der Waals surface area contributed by atoms with Gasteiger partial charge in [-0.15, -0.1) is 0 Å². The van der Waals surface area contributed by atoms with Crippen molar-refractivity contribution in [2.75, 3.05) is 0 Å². The summed E-state index contributed by atoms with van der Waals surface area (Å²) in [4.78, 5) is 3.82. The number of hydrogen-bond acceptors (Lipinski definition) is 2. The quantitative estimate of drug-likeness (QED) is 0.500. The van der Waals surface area contributed by atoms with Gasteiger partial charge >= 0.3 is 0 Å². The number of halogens is 3. The molecule has 5 heteroatoms. The van der Waals surface area contributed by atoms with Crippen molar-refractivity contribution in [1.29, 1.82) is 5.26 Å². The SMILES string of the molecule is N#CC1=NC=CC(Cl)(Cl)C1I. The van der Waals surface area contributed by atoms with Gasteiger partial charge in [-0.2, -0.15) is 5.26 Å². The molecule has 0 N–H and O–H groups in total. The van der Waals surface area contributed by atoms with Crippen molar-refractivity contribution in [2.24, 2.45) is 4.99 Å². The fourth-order valence-corrected chi connectivity index (χ4v) is 1.46. The second-order valence-electron chi connectivity index (χ2n) is 1.98. The molecule has 1 aliphatic heterocycles. The number of hydrogen-bond donors (Lipinski definition) is 0. The monoisotopic (exact) mass is 300 g/mol. The van der Waals surface area contributed by atoms with Gasteiger partial charge in [-0.3, -0.25) is 0 Å². The van der Waals surface area contributed by atoms with Crippen molar-refractivity contribution in [3.05, 3.63) is 12.3 Å². The highest BCUT2D eigenvalue weighted by molar-refractivity contribution is 14.1. The van der Waals surface area contributed by atoms with Crippen molar-refractivity contribution >= 4 is 51.5 Å². The molecule has 0 aromatic heterocycles. The Labute approximate surface area is 88.0 Å². The van der Waals surface area contributed by atoms with Crippen LogP contribution in [0.3, 0.4) is 0 Å². The van der Waals surface area contributed by atoms with E-state index in [0.717, 1.165) is 0 Å². The minimum atomic E-state index is -0.993. The molecule has 0 fully saturated rings. The Morgan fingerprint density at radius 1 is 1.73 bits per heavy atom. The summed E-state index contributed by atoms with van der Waals surface area (Å²) < 4.78 is -1.26. The molecular formula is C6H3Cl2IN2. The lowest BCUT2D eigenvalue weighted by atomic mass is 10.2. The van der Waals surface area contributed by atoms with Crippen LogP contribution >= 0.6 is 45.8 Å². The Balaban J connectivity index is 2.98. The molecule has 1 unspecified atom stereocenters. The van der Waals surface area contributed by atoms with Crippen molar-refractivity contribution in [2.45, 2.75) is 8.26 Å². The zero-order valence-electron chi connectivity index (χ0n) is 5.26. The van der Waals surface area contributed by atoms with Gasteiger partial charge in [0.25, 0.3) is 0 Å². The third-order valence-corrected chi connectivity index (χ3v) is 4.20.